The molecule has 4 rings (SSSR count). The number of hydrogen-bond donors (Lipinski definition) is 3. The van der Waals surface area contributed by atoms with E-state index in [4.69, 9.17) is 4.98 Å². The fraction of sp³-hybridized carbons (Fsp3) is 0.706. The maximum atomic E-state index is 12.1. The van der Waals surface area contributed by atoms with Gasteiger partial charge >= 0.3 is 0 Å². The van der Waals surface area contributed by atoms with E-state index < -0.39 is 0 Å². The van der Waals surface area contributed by atoms with E-state index in [2.05, 4.69) is 20.9 Å². The summed E-state index contributed by atoms with van der Waals surface area (Å²) in [6.45, 7) is 2.65. The predicted octanol–water partition coefficient (Wildman–Crippen LogP) is 1.58. The van der Waals surface area contributed by atoms with Crippen molar-refractivity contribution in [2.45, 2.75) is 56.9 Å². The average molecular weight is 315 g/mol. The number of amides is 1. The van der Waals surface area contributed by atoms with Crippen LogP contribution in [0.15, 0.2) is 0 Å². The van der Waals surface area contributed by atoms with Crippen molar-refractivity contribution >= 4 is 11.7 Å². The van der Waals surface area contributed by atoms with Gasteiger partial charge in [0.25, 0.3) is 5.91 Å². The quantitative estimate of drug-likeness (QED) is 0.786. The Labute approximate surface area is 136 Å². The van der Waals surface area contributed by atoms with Crippen molar-refractivity contribution < 1.29 is 4.79 Å². The first-order valence-corrected chi connectivity index (χ1v) is 8.97. The largest absolute Gasteiger partial charge is 0.368 e. The third-order valence-corrected chi connectivity index (χ3v) is 5.02. The summed E-state index contributed by atoms with van der Waals surface area (Å²) in [5.74, 6) is 2.13. The van der Waals surface area contributed by atoms with E-state index in [-0.39, 0.29) is 5.91 Å². The topological polar surface area (TPSA) is 78.9 Å². The minimum Gasteiger partial charge on any atom is -0.368 e. The Morgan fingerprint density at radius 1 is 1.09 bits per heavy atom. The summed E-state index contributed by atoms with van der Waals surface area (Å²) in [4.78, 5) is 21.5. The van der Waals surface area contributed by atoms with E-state index in [9.17, 15) is 4.79 Å². The van der Waals surface area contributed by atoms with Crippen LogP contribution in [0, 0.1) is 0 Å². The Morgan fingerprint density at radius 3 is 2.87 bits per heavy atom. The number of carbonyl (C=O) groups is 1. The van der Waals surface area contributed by atoms with Crippen LogP contribution in [-0.2, 0) is 6.42 Å². The molecule has 2 fully saturated rings. The van der Waals surface area contributed by atoms with E-state index in [1.54, 1.807) is 0 Å². The SMILES string of the molecule is O=C1NCCc2c(NCC3CCCCCN3)nc(C3CC3)nc21. The van der Waals surface area contributed by atoms with E-state index in [0.29, 0.717) is 24.2 Å². The number of fused-ring (bicyclic) bond motifs is 1. The summed E-state index contributed by atoms with van der Waals surface area (Å²) in [7, 11) is 0. The molecule has 3 N–H and O–H groups in total. The zero-order valence-corrected chi connectivity index (χ0v) is 13.5. The lowest BCUT2D eigenvalue weighted by atomic mass is 10.1. The molecule has 124 valence electrons. The fourth-order valence-electron chi connectivity index (χ4n) is 3.48. The van der Waals surface area contributed by atoms with Crippen molar-refractivity contribution in [1.82, 2.24) is 20.6 Å². The molecule has 1 unspecified atom stereocenters. The molecule has 1 aliphatic carbocycles. The van der Waals surface area contributed by atoms with Gasteiger partial charge < -0.3 is 16.0 Å². The van der Waals surface area contributed by atoms with Gasteiger partial charge in [-0.3, -0.25) is 4.79 Å². The second kappa shape index (κ2) is 6.43. The summed E-state index contributed by atoms with van der Waals surface area (Å²) >= 11 is 0. The van der Waals surface area contributed by atoms with Crippen molar-refractivity contribution in [3.05, 3.63) is 17.1 Å². The third-order valence-electron chi connectivity index (χ3n) is 5.02. The van der Waals surface area contributed by atoms with Crippen molar-refractivity contribution in [1.29, 1.82) is 0 Å². The molecule has 0 bridgehead atoms. The molecule has 1 saturated heterocycles. The highest BCUT2D eigenvalue weighted by molar-refractivity contribution is 5.96. The highest BCUT2D eigenvalue weighted by Gasteiger charge is 2.31. The first-order valence-electron chi connectivity index (χ1n) is 8.97. The summed E-state index contributed by atoms with van der Waals surface area (Å²) in [5, 5.41) is 10.0. The molecule has 6 heteroatoms. The van der Waals surface area contributed by atoms with E-state index in [0.717, 1.165) is 49.6 Å². The number of hydrogen-bond acceptors (Lipinski definition) is 5. The molecule has 1 aromatic rings. The summed E-state index contributed by atoms with van der Waals surface area (Å²) in [6.07, 6.45) is 8.18. The molecule has 1 saturated carbocycles. The second-order valence-corrected chi connectivity index (χ2v) is 6.92. The number of aromatic nitrogens is 2. The van der Waals surface area contributed by atoms with Gasteiger partial charge in [0.2, 0.25) is 0 Å². The molecule has 1 aromatic heterocycles. The number of nitrogens with one attached hydrogen (secondary N) is 3. The Kier molecular flexibility index (Phi) is 4.16. The molecule has 0 radical (unpaired) electrons. The summed E-state index contributed by atoms with van der Waals surface area (Å²) < 4.78 is 0. The summed E-state index contributed by atoms with van der Waals surface area (Å²) in [5.41, 5.74) is 1.58. The van der Waals surface area contributed by atoms with Gasteiger partial charge in [0.05, 0.1) is 0 Å². The molecule has 0 spiro atoms. The second-order valence-electron chi connectivity index (χ2n) is 6.92. The maximum absolute atomic E-state index is 12.1. The minimum absolute atomic E-state index is 0.0498. The normalized spacial score (nSPS) is 24.5. The monoisotopic (exact) mass is 315 g/mol. The van der Waals surface area contributed by atoms with Gasteiger partial charge in [-0.2, -0.15) is 0 Å². The van der Waals surface area contributed by atoms with Crippen LogP contribution in [0.5, 0.6) is 0 Å². The van der Waals surface area contributed by atoms with Gasteiger partial charge in [0.1, 0.15) is 17.3 Å². The van der Waals surface area contributed by atoms with Crippen LogP contribution in [0.4, 0.5) is 5.82 Å². The van der Waals surface area contributed by atoms with Gasteiger partial charge in [-0.05, 0) is 38.6 Å². The minimum atomic E-state index is -0.0498. The molecule has 1 atom stereocenters. The Bertz CT molecular complexity index is 591. The van der Waals surface area contributed by atoms with Gasteiger partial charge in [0.15, 0.2) is 0 Å². The lowest BCUT2D eigenvalue weighted by Gasteiger charge is -2.22. The van der Waals surface area contributed by atoms with E-state index in [1.807, 2.05) is 0 Å². The predicted molar refractivity (Wildman–Crippen MR) is 88.8 cm³/mol. The zero-order valence-electron chi connectivity index (χ0n) is 13.5. The highest BCUT2D eigenvalue weighted by atomic mass is 16.1. The van der Waals surface area contributed by atoms with E-state index >= 15 is 0 Å². The lowest BCUT2D eigenvalue weighted by molar-refractivity contribution is 0.0940. The van der Waals surface area contributed by atoms with Crippen LogP contribution in [0.2, 0.25) is 0 Å². The van der Waals surface area contributed by atoms with Crippen LogP contribution in [0.25, 0.3) is 0 Å². The third kappa shape index (κ3) is 3.32. The van der Waals surface area contributed by atoms with Crippen LogP contribution in [-0.4, -0.2) is 41.6 Å². The Hall–Kier alpha value is -1.69. The molecular weight excluding hydrogens is 290 g/mol. The van der Waals surface area contributed by atoms with Crippen LogP contribution >= 0.6 is 0 Å². The molecule has 3 aliphatic rings. The van der Waals surface area contributed by atoms with Crippen LogP contribution in [0.3, 0.4) is 0 Å². The molecule has 0 aromatic carbocycles. The standard InChI is InChI=1S/C17H25N5O/c23-17-14-13(7-9-19-17)16(22-15(21-14)11-5-6-11)20-10-12-4-2-1-3-8-18-12/h11-12,18H,1-10H2,(H,19,23)(H,20,21,22). The highest BCUT2D eigenvalue weighted by Crippen LogP contribution is 2.39. The Balaban J connectivity index is 1.55. The number of rotatable bonds is 4. The molecule has 1 amide bonds. The lowest BCUT2D eigenvalue weighted by Crippen LogP contribution is -2.37. The molecule has 2 aliphatic heterocycles. The Morgan fingerprint density at radius 2 is 2.00 bits per heavy atom. The fourth-order valence-corrected chi connectivity index (χ4v) is 3.48. The van der Waals surface area contributed by atoms with Crippen molar-refractivity contribution in [3.8, 4) is 0 Å². The number of carbonyl (C=O) groups excluding carboxylic acids is 1. The number of nitrogens with zero attached hydrogens (tertiary/aromatic N) is 2. The maximum Gasteiger partial charge on any atom is 0.270 e. The van der Waals surface area contributed by atoms with E-state index in [1.165, 1.54) is 25.7 Å². The number of anilines is 1. The molecule has 23 heavy (non-hydrogen) atoms. The van der Waals surface area contributed by atoms with Gasteiger partial charge in [-0.1, -0.05) is 12.8 Å². The van der Waals surface area contributed by atoms with Gasteiger partial charge in [0, 0.05) is 30.6 Å². The smallest absolute Gasteiger partial charge is 0.270 e. The van der Waals surface area contributed by atoms with Crippen LogP contribution < -0.4 is 16.0 Å². The van der Waals surface area contributed by atoms with Gasteiger partial charge in [-0.15, -0.1) is 0 Å². The zero-order chi connectivity index (χ0) is 15.6. The first-order chi connectivity index (χ1) is 11.3. The van der Waals surface area contributed by atoms with Crippen LogP contribution in [0.1, 0.15) is 66.3 Å². The first kappa shape index (κ1) is 14.9. The van der Waals surface area contributed by atoms with Crippen molar-refractivity contribution in [3.63, 3.8) is 0 Å². The van der Waals surface area contributed by atoms with Crippen molar-refractivity contribution in [2.75, 3.05) is 25.0 Å². The molecule has 3 heterocycles. The summed E-state index contributed by atoms with van der Waals surface area (Å²) in [6, 6.07) is 0.491. The van der Waals surface area contributed by atoms with Gasteiger partial charge in [-0.25, -0.2) is 9.97 Å². The van der Waals surface area contributed by atoms with Crippen molar-refractivity contribution in [2.24, 2.45) is 0 Å². The molecule has 6 nitrogen and oxygen atoms in total. The average Bonchev–Trinajstić information content (AvgIpc) is 3.40. The molecular formula is C17H25N5O.